The largest absolute Gasteiger partial charge is 0.381 e. The topological polar surface area (TPSA) is 34.1 Å². The van der Waals surface area contributed by atoms with Gasteiger partial charge in [0, 0.05) is 25.8 Å². The molecule has 1 N–H and O–H groups in total. The summed E-state index contributed by atoms with van der Waals surface area (Å²) in [6.07, 6.45) is 2.21. The predicted octanol–water partition coefficient (Wildman–Crippen LogP) is 3.27. The molecule has 0 saturated carbocycles. The molecule has 96 valence electrons. The summed E-state index contributed by atoms with van der Waals surface area (Å²) in [7, 11) is 0. The van der Waals surface area contributed by atoms with E-state index in [0.29, 0.717) is 5.92 Å². The minimum absolute atomic E-state index is 0.233. The smallest absolute Gasteiger partial charge is 0.183 e. The maximum absolute atomic E-state index is 13.1. The highest BCUT2D eigenvalue weighted by Crippen LogP contribution is 2.27. The SMILES string of the molecule is Fc1ccc2sc(NCC3CCOCC3)nc2c1. The number of nitrogens with one attached hydrogen (secondary N) is 1. The van der Waals surface area contributed by atoms with Crippen LogP contribution in [-0.2, 0) is 4.74 Å². The zero-order valence-electron chi connectivity index (χ0n) is 9.99. The number of ether oxygens (including phenoxy) is 1. The molecule has 0 bridgehead atoms. The zero-order chi connectivity index (χ0) is 12.4. The lowest BCUT2D eigenvalue weighted by Gasteiger charge is -2.21. The standard InChI is InChI=1S/C13H15FN2OS/c14-10-1-2-12-11(7-10)16-13(18-12)15-8-9-3-5-17-6-4-9/h1-2,7,9H,3-6,8H2,(H,15,16). The summed E-state index contributed by atoms with van der Waals surface area (Å²) < 4.78 is 19.4. The second-order valence-corrected chi connectivity index (χ2v) is 5.60. The molecule has 0 aliphatic carbocycles. The third-order valence-electron chi connectivity index (χ3n) is 3.23. The fourth-order valence-electron chi connectivity index (χ4n) is 2.16. The minimum atomic E-state index is -0.233. The van der Waals surface area contributed by atoms with Gasteiger partial charge in [0.05, 0.1) is 10.2 Å². The Morgan fingerprint density at radius 1 is 1.39 bits per heavy atom. The number of fused-ring (bicyclic) bond motifs is 1. The van der Waals surface area contributed by atoms with Gasteiger partial charge in [-0.25, -0.2) is 9.37 Å². The summed E-state index contributed by atoms with van der Waals surface area (Å²) in [6, 6.07) is 4.73. The fraction of sp³-hybridized carbons (Fsp3) is 0.462. The zero-order valence-corrected chi connectivity index (χ0v) is 10.8. The minimum Gasteiger partial charge on any atom is -0.381 e. The molecule has 0 atom stereocenters. The van der Waals surface area contributed by atoms with E-state index in [0.717, 1.165) is 47.9 Å². The molecule has 18 heavy (non-hydrogen) atoms. The number of nitrogens with zero attached hydrogens (tertiary/aromatic N) is 1. The average molecular weight is 266 g/mol. The first-order valence-corrected chi connectivity index (χ1v) is 7.00. The highest BCUT2D eigenvalue weighted by atomic mass is 32.1. The van der Waals surface area contributed by atoms with Gasteiger partial charge in [-0.2, -0.15) is 0 Å². The number of halogens is 1. The molecule has 0 amide bonds. The van der Waals surface area contributed by atoms with E-state index in [1.54, 1.807) is 17.4 Å². The van der Waals surface area contributed by atoms with Crippen LogP contribution in [0.1, 0.15) is 12.8 Å². The Kier molecular flexibility index (Phi) is 3.43. The number of rotatable bonds is 3. The van der Waals surface area contributed by atoms with Gasteiger partial charge in [-0.15, -0.1) is 0 Å². The summed E-state index contributed by atoms with van der Waals surface area (Å²) in [5, 5.41) is 4.23. The van der Waals surface area contributed by atoms with Gasteiger partial charge in [-0.3, -0.25) is 0 Å². The Labute approximate surface area is 109 Å². The molecule has 2 aromatic rings. The molecule has 2 heterocycles. The Bertz CT molecular complexity index is 537. The first-order valence-electron chi connectivity index (χ1n) is 6.19. The van der Waals surface area contributed by atoms with Crippen molar-refractivity contribution < 1.29 is 9.13 Å². The van der Waals surface area contributed by atoms with Crippen LogP contribution in [0.5, 0.6) is 0 Å². The van der Waals surface area contributed by atoms with Gasteiger partial charge in [0.25, 0.3) is 0 Å². The molecule has 1 aromatic heterocycles. The molecule has 1 aliphatic heterocycles. The van der Waals surface area contributed by atoms with Crippen molar-refractivity contribution in [2.45, 2.75) is 12.8 Å². The molecular weight excluding hydrogens is 251 g/mol. The van der Waals surface area contributed by atoms with Crippen LogP contribution in [0.4, 0.5) is 9.52 Å². The van der Waals surface area contributed by atoms with E-state index in [2.05, 4.69) is 10.3 Å². The number of thiazole rings is 1. The summed E-state index contributed by atoms with van der Waals surface area (Å²) in [4.78, 5) is 4.39. The van der Waals surface area contributed by atoms with E-state index in [1.807, 2.05) is 0 Å². The first kappa shape index (κ1) is 11.9. The van der Waals surface area contributed by atoms with E-state index in [4.69, 9.17) is 4.74 Å². The number of anilines is 1. The average Bonchev–Trinajstić information content (AvgIpc) is 2.79. The Morgan fingerprint density at radius 2 is 2.22 bits per heavy atom. The van der Waals surface area contributed by atoms with Crippen LogP contribution in [0, 0.1) is 11.7 Å². The summed E-state index contributed by atoms with van der Waals surface area (Å²) in [5.74, 6) is 0.422. The molecule has 3 rings (SSSR count). The molecular formula is C13H15FN2OS. The molecule has 0 unspecified atom stereocenters. The quantitative estimate of drug-likeness (QED) is 0.925. The highest BCUT2D eigenvalue weighted by Gasteiger charge is 2.14. The fourth-order valence-corrected chi connectivity index (χ4v) is 3.01. The maximum Gasteiger partial charge on any atom is 0.183 e. The second kappa shape index (κ2) is 5.20. The van der Waals surface area contributed by atoms with E-state index in [9.17, 15) is 4.39 Å². The van der Waals surface area contributed by atoms with Crippen molar-refractivity contribution >= 4 is 26.7 Å². The van der Waals surface area contributed by atoms with E-state index in [-0.39, 0.29) is 5.82 Å². The summed E-state index contributed by atoms with van der Waals surface area (Å²) in [6.45, 7) is 2.64. The molecule has 1 aliphatic rings. The number of benzene rings is 1. The van der Waals surface area contributed by atoms with Crippen molar-refractivity contribution in [3.05, 3.63) is 24.0 Å². The predicted molar refractivity (Wildman–Crippen MR) is 71.6 cm³/mol. The van der Waals surface area contributed by atoms with Crippen LogP contribution < -0.4 is 5.32 Å². The third-order valence-corrected chi connectivity index (χ3v) is 4.23. The monoisotopic (exact) mass is 266 g/mol. The first-order chi connectivity index (χ1) is 8.81. The van der Waals surface area contributed by atoms with Crippen molar-refractivity contribution in [3.8, 4) is 0 Å². The van der Waals surface area contributed by atoms with Crippen LogP contribution in [0.2, 0.25) is 0 Å². The lowest BCUT2D eigenvalue weighted by atomic mass is 10.0. The maximum atomic E-state index is 13.1. The molecule has 5 heteroatoms. The van der Waals surface area contributed by atoms with Gasteiger partial charge in [-0.1, -0.05) is 11.3 Å². The van der Waals surface area contributed by atoms with Gasteiger partial charge < -0.3 is 10.1 Å². The molecule has 1 saturated heterocycles. The number of aromatic nitrogens is 1. The Hall–Kier alpha value is -1.20. The third kappa shape index (κ3) is 2.62. The van der Waals surface area contributed by atoms with E-state index in [1.165, 1.54) is 12.1 Å². The normalized spacial score (nSPS) is 17.2. The number of hydrogen-bond acceptors (Lipinski definition) is 4. The van der Waals surface area contributed by atoms with Crippen molar-refractivity contribution in [1.29, 1.82) is 0 Å². The lowest BCUT2D eigenvalue weighted by Crippen LogP contribution is -2.22. The van der Waals surface area contributed by atoms with Crippen LogP contribution in [0.3, 0.4) is 0 Å². The lowest BCUT2D eigenvalue weighted by molar-refractivity contribution is 0.0699. The van der Waals surface area contributed by atoms with Gasteiger partial charge in [0.15, 0.2) is 5.13 Å². The molecule has 0 spiro atoms. The summed E-state index contributed by atoms with van der Waals surface area (Å²) in [5.41, 5.74) is 0.731. The molecule has 0 radical (unpaired) electrons. The van der Waals surface area contributed by atoms with Crippen molar-refractivity contribution in [2.75, 3.05) is 25.1 Å². The van der Waals surface area contributed by atoms with Gasteiger partial charge in [-0.05, 0) is 30.9 Å². The van der Waals surface area contributed by atoms with Crippen LogP contribution in [0.25, 0.3) is 10.2 Å². The highest BCUT2D eigenvalue weighted by molar-refractivity contribution is 7.22. The van der Waals surface area contributed by atoms with Crippen molar-refractivity contribution in [2.24, 2.45) is 5.92 Å². The Balaban J connectivity index is 1.67. The van der Waals surface area contributed by atoms with Gasteiger partial charge in [0.1, 0.15) is 5.82 Å². The summed E-state index contributed by atoms with van der Waals surface area (Å²) >= 11 is 1.57. The van der Waals surface area contributed by atoms with E-state index < -0.39 is 0 Å². The van der Waals surface area contributed by atoms with Crippen LogP contribution >= 0.6 is 11.3 Å². The van der Waals surface area contributed by atoms with Crippen LogP contribution in [-0.4, -0.2) is 24.7 Å². The molecule has 1 aromatic carbocycles. The van der Waals surface area contributed by atoms with Crippen LogP contribution in [0.15, 0.2) is 18.2 Å². The second-order valence-electron chi connectivity index (χ2n) is 4.57. The van der Waals surface area contributed by atoms with Crippen molar-refractivity contribution in [1.82, 2.24) is 4.98 Å². The van der Waals surface area contributed by atoms with Gasteiger partial charge in [0.2, 0.25) is 0 Å². The van der Waals surface area contributed by atoms with Gasteiger partial charge >= 0.3 is 0 Å². The Morgan fingerprint density at radius 3 is 3.06 bits per heavy atom. The molecule has 1 fully saturated rings. The van der Waals surface area contributed by atoms with E-state index >= 15 is 0 Å². The van der Waals surface area contributed by atoms with Crippen molar-refractivity contribution in [3.63, 3.8) is 0 Å². The number of hydrogen-bond donors (Lipinski definition) is 1. The molecule has 3 nitrogen and oxygen atoms in total.